The fourth-order valence-corrected chi connectivity index (χ4v) is 2.65. The monoisotopic (exact) mass is 283 g/mol. The van der Waals surface area contributed by atoms with Gasteiger partial charge in [-0.25, -0.2) is 0 Å². The molecule has 19 heavy (non-hydrogen) atoms. The topological polar surface area (TPSA) is 75.1 Å². The Hall–Kier alpha value is -1.20. The lowest BCUT2D eigenvalue weighted by molar-refractivity contribution is 0.0903. The maximum absolute atomic E-state index is 11.9. The maximum atomic E-state index is 11.9. The molecule has 1 aromatic heterocycles. The highest BCUT2D eigenvalue weighted by molar-refractivity contribution is 6.29. The Kier molecular flexibility index (Phi) is 5.10. The summed E-state index contributed by atoms with van der Waals surface area (Å²) >= 11 is 5.62. The van der Waals surface area contributed by atoms with Crippen LogP contribution < -0.4 is 5.32 Å². The summed E-state index contributed by atoms with van der Waals surface area (Å²) in [5, 5.41) is 19.8. The van der Waals surface area contributed by atoms with Crippen LogP contribution in [0.25, 0.3) is 0 Å². The SMILES string of the molecule is O=C(NCC1CCCCC1CO)c1ccc(Cl)nn1. The van der Waals surface area contributed by atoms with E-state index in [1.165, 1.54) is 6.42 Å². The van der Waals surface area contributed by atoms with Gasteiger partial charge in [-0.1, -0.05) is 24.4 Å². The number of aliphatic hydroxyl groups excluding tert-OH is 1. The molecule has 1 saturated carbocycles. The Morgan fingerprint density at radius 1 is 1.32 bits per heavy atom. The van der Waals surface area contributed by atoms with E-state index in [4.69, 9.17) is 11.6 Å². The standard InChI is InChI=1S/C13H18ClN3O2/c14-12-6-5-11(16-17-12)13(19)15-7-9-3-1-2-4-10(9)8-18/h5-6,9-10,18H,1-4,7-8H2,(H,15,19). The molecule has 2 rings (SSSR count). The molecule has 2 atom stereocenters. The van der Waals surface area contributed by atoms with Gasteiger partial charge in [-0.2, -0.15) is 0 Å². The van der Waals surface area contributed by atoms with Gasteiger partial charge in [-0.15, -0.1) is 10.2 Å². The third-order valence-electron chi connectivity index (χ3n) is 3.69. The molecule has 2 N–H and O–H groups in total. The van der Waals surface area contributed by atoms with E-state index in [0.29, 0.717) is 18.4 Å². The third kappa shape index (κ3) is 3.88. The van der Waals surface area contributed by atoms with Gasteiger partial charge >= 0.3 is 0 Å². The highest BCUT2D eigenvalue weighted by Gasteiger charge is 2.24. The van der Waals surface area contributed by atoms with E-state index in [1.54, 1.807) is 12.1 Å². The highest BCUT2D eigenvalue weighted by atomic mass is 35.5. The fraction of sp³-hybridized carbons (Fsp3) is 0.615. The Morgan fingerprint density at radius 2 is 2.05 bits per heavy atom. The summed E-state index contributed by atoms with van der Waals surface area (Å²) in [6, 6.07) is 3.09. The number of hydrogen-bond donors (Lipinski definition) is 2. The predicted octanol–water partition coefficient (Wildman–Crippen LogP) is 1.66. The number of carbonyl (C=O) groups excluding carboxylic acids is 1. The molecule has 2 unspecified atom stereocenters. The lowest BCUT2D eigenvalue weighted by atomic mass is 9.79. The number of aliphatic hydroxyl groups is 1. The first-order chi connectivity index (χ1) is 9.20. The number of aromatic nitrogens is 2. The van der Waals surface area contributed by atoms with Gasteiger partial charge in [-0.05, 0) is 36.8 Å². The molecule has 6 heteroatoms. The van der Waals surface area contributed by atoms with Crippen LogP contribution in [0, 0.1) is 11.8 Å². The van der Waals surface area contributed by atoms with E-state index in [9.17, 15) is 9.90 Å². The van der Waals surface area contributed by atoms with Gasteiger partial charge in [0.15, 0.2) is 10.8 Å². The van der Waals surface area contributed by atoms with Crippen LogP contribution in [0.1, 0.15) is 36.2 Å². The minimum Gasteiger partial charge on any atom is -0.396 e. The summed E-state index contributed by atoms with van der Waals surface area (Å²) < 4.78 is 0. The number of rotatable bonds is 4. The van der Waals surface area contributed by atoms with Crippen molar-refractivity contribution in [3.63, 3.8) is 0 Å². The van der Waals surface area contributed by atoms with E-state index in [-0.39, 0.29) is 23.4 Å². The fourth-order valence-electron chi connectivity index (χ4n) is 2.54. The average Bonchev–Trinajstić information content (AvgIpc) is 2.45. The smallest absolute Gasteiger partial charge is 0.271 e. The van der Waals surface area contributed by atoms with E-state index in [1.807, 2.05) is 0 Å². The Labute approximate surface area is 117 Å². The second-order valence-electron chi connectivity index (χ2n) is 4.94. The summed E-state index contributed by atoms with van der Waals surface area (Å²) in [4.78, 5) is 11.9. The molecule has 1 amide bonds. The third-order valence-corrected chi connectivity index (χ3v) is 3.89. The van der Waals surface area contributed by atoms with Crippen LogP contribution in [-0.2, 0) is 0 Å². The zero-order chi connectivity index (χ0) is 13.7. The molecule has 1 aliphatic carbocycles. The van der Waals surface area contributed by atoms with Crippen LogP contribution in [0.15, 0.2) is 12.1 Å². The zero-order valence-corrected chi connectivity index (χ0v) is 11.4. The van der Waals surface area contributed by atoms with Gasteiger partial charge in [-0.3, -0.25) is 4.79 Å². The first kappa shape index (κ1) is 14.2. The van der Waals surface area contributed by atoms with Crippen molar-refractivity contribution in [2.75, 3.05) is 13.2 Å². The van der Waals surface area contributed by atoms with Crippen LogP contribution in [0.5, 0.6) is 0 Å². The molecule has 0 bridgehead atoms. The lowest BCUT2D eigenvalue weighted by Gasteiger charge is -2.30. The molecule has 0 spiro atoms. The molecule has 0 aliphatic heterocycles. The number of amides is 1. The first-order valence-corrected chi connectivity index (χ1v) is 6.97. The number of carbonyl (C=O) groups is 1. The van der Waals surface area contributed by atoms with Crippen molar-refractivity contribution in [1.82, 2.24) is 15.5 Å². The number of halogens is 1. The zero-order valence-electron chi connectivity index (χ0n) is 10.7. The molecular formula is C13H18ClN3O2. The van der Waals surface area contributed by atoms with Crippen LogP contribution >= 0.6 is 11.6 Å². The second-order valence-corrected chi connectivity index (χ2v) is 5.33. The molecular weight excluding hydrogens is 266 g/mol. The Morgan fingerprint density at radius 3 is 2.68 bits per heavy atom. The minimum atomic E-state index is -0.244. The van der Waals surface area contributed by atoms with Gasteiger partial charge in [0, 0.05) is 13.2 Å². The molecule has 104 valence electrons. The summed E-state index contributed by atoms with van der Waals surface area (Å²) in [7, 11) is 0. The van der Waals surface area contributed by atoms with Crippen LogP contribution in [0.3, 0.4) is 0 Å². The predicted molar refractivity (Wildman–Crippen MR) is 71.9 cm³/mol. The van der Waals surface area contributed by atoms with Gasteiger partial charge in [0.05, 0.1) is 0 Å². The summed E-state index contributed by atoms with van der Waals surface area (Å²) in [6.07, 6.45) is 4.42. The maximum Gasteiger partial charge on any atom is 0.271 e. The molecule has 1 fully saturated rings. The van der Waals surface area contributed by atoms with Crippen LogP contribution in [0.2, 0.25) is 5.15 Å². The summed E-state index contributed by atoms with van der Waals surface area (Å²) in [5.74, 6) is 0.403. The lowest BCUT2D eigenvalue weighted by Crippen LogP contribution is -2.35. The highest BCUT2D eigenvalue weighted by Crippen LogP contribution is 2.29. The first-order valence-electron chi connectivity index (χ1n) is 6.59. The van der Waals surface area contributed by atoms with Crippen molar-refractivity contribution >= 4 is 17.5 Å². The molecule has 0 saturated heterocycles. The molecule has 1 aliphatic rings. The second kappa shape index (κ2) is 6.82. The molecule has 0 aromatic carbocycles. The minimum absolute atomic E-state index is 0.196. The molecule has 1 heterocycles. The summed E-state index contributed by atoms with van der Waals surface area (Å²) in [5.41, 5.74) is 0.265. The van der Waals surface area contributed by atoms with Crippen molar-refractivity contribution in [2.45, 2.75) is 25.7 Å². The molecule has 1 aromatic rings. The van der Waals surface area contributed by atoms with Crippen molar-refractivity contribution in [1.29, 1.82) is 0 Å². The van der Waals surface area contributed by atoms with Crippen molar-refractivity contribution < 1.29 is 9.90 Å². The van der Waals surface area contributed by atoms with Gasteiger partial charge in [0.2, 0.25) is 0 Å². The molecule has 0 radical (unpaired) electrons. The summed E-state index contributed by atoms with van der Waals surface area (Å²) in [6.45, 7) is 0.773. The Bertz CT molecular complexity index is 424. The van der Waals surface area contributed by atoms with Crippen LogP contribution in [-0.4, -0.2) is 34.4 Å². The number of nitrogens with zero attached hydrogens (tertiary/aromatic N) is 2. The van der Waals surface area contributed by atoms with Crippen molar-refractivity contribution in [2.24, 2.45) is 11.8 Å². The van der Waals surface area contributed by atoms with E-state index in [0.717, 1.165) is 19.3 Å². The van der Waals surface area contributed by atoms with Gasteiger partial charge in [0.25, 0.3) is 5.91 Å². The normalized spacial score (nSPS) is 23.1. The quantitative estimate of drug-likeness (QED) is 0.881. The van der Waals surface area contributed by atoms with Gasteiger partial charge in [0.1, 0.15) is 0 Å². The van der Waals surface area contributed by atoms with Crippen LogP contribution in [0.4, 0.5) is 0 Å². The average molecular weight is 284 g/mol. The van der Waals surface area contributed by atoms with Crippen molar-refractivity contribution in [3.05, 3.63) is 23.0 Å². The van der Waals surface area contributed by atoms with E-state index < -0.39 is 0 Å². The van der Waals surface area contributed by atoms with E-state index in [2.05, 4.69) is 15.5 Å². The number of nitrogens with one attached hydrogen (secondary N) is 1. The number of hydrogen-bond acceptors (Lipinski definition) is 4. The van der Waals surface area contributed by atoms with Crippen molar-refractivity contribution in [3.8, 4) is 0 Å². The molecule has 5 nitrogen and oxygen atoms in total. The van der Waals surface area contributed by atoms with E-state index >= 15 is 0 Å². The Balaban J connectivity index is 1.87. The van der Waals surface area contributed by atoms with Gasteiger partial charge < -0.3 is 10.4 Å². The largest absolute Gasteiger partial charge is 0.396 e.